The third kappa shape index (κ3) is 4.04. The molecule has 0 spiro atoms. The second-order valence-electron chi connectivity index (χ2n) is 7.05. The molecule has 0 saturated heterocycles. The molecular formula is C24H19ClN2O2S. The molecule has 0 amide bonds. The van der Waals surface area contributed by atoms with Crippen LogP contribution < -0.4 is 5.56 Å². The van der Waals surface area contributed by atoms with Crippen LogP contribution in [0.2, 0.25) is 5.02 Å². The van der Waals surface area contributed by atoms with Gasteiger partial charge >= 0.3 is 0 Å². The summed E-state index contributed by atoms with van der Waals surface area (Å²) in [6.45, 7) is 1.96. The molecule has 0 bridgehead atoms. The van der Waals surface area contributed by atoms with Gasteiger partial charge in [-0.15, -0.1) is 0 Å². The molecule has 0 N–H and O–H groups in total. The van der Waals surface area contributed by atoms with Crippen molar-refractivity contribution in [3.05, 3.63) is 104 Å². The minimum atomic E-state index is -0.0462. The van der Waals surface area contributed by atoms with Crippen LogP contribution in [-0.2, 0) is 12.8 Å². The zero-order valence-electron chi connectivity index (χ0n) is 16.6. The van der Waals surface area contributed by atoms with Gasteiger partial charge in [-0.05, 0) is 48.4 Å². The molecule has 4 nitrogen and oxygen atoms in total. The molecule has 0 radical (unpaired) electrons. The van der Waals surface area contributed by atoms with Crippen molar-refractivity contribution in [3.8, 4) is 0 Å². The van der Waals surface area contributed by atoms with E-state index in [0.29, 0.717) is 32.4 Å². The fourth-order valence-corrected chi connectivity index (χ4v) is 4.26. The Kier molecular flexibility index (Phi) is 5.75. The highest BCUT2D eigenvalue weighted by atomic mass is 35.5. The normalized spacial score (nSPS) is 11.0. The maximum atomic E-state index is 12.7. The van der Waals surface area contributed by atoms with Crippen LogP contribution in [0, 0.1) is 6.92 Å². The van der Waals surface area contributed by atoms with Gasteiger partial charge < -0.3 is 0 Å². The van der Waals surface area contributed by atoms with Crippen molar-refractivity contribution in [1.82, 2.24) is 9.55 Å². The zero-order chi connectivity index (χ0) is 21.3. The highest BCUT2D eigenvalue weighted by Gasteiger charge is 2.12. The SMILES string of the molecule is Cc1cccc2c(=O)n(C)c(SCc3ccc(C(=O)c4ccc(Cl)cc4)cc3)nc12. The molecule has 30 heavy (non-hydrogen) atoms. The Morgan fingerprint density at radius 1 is 1.00 bits per heavy atom. The zero-order valence-corrected chi connectivity index (χ0v) is 18.1. The highest BCUT2D eigenvalue weighted by molar-refractivity contribution is 7.98. The maximum absolute atomic E-state index is 12.7. The number of thioether (sulfide) groups is 1. The number of rotatable bonds is 5. The monoisotopic (exact) mass is 434 g/mol. The number of aromatic nitrogens is 2. The van der Waals surface area contributed by atoms with Gasteiger partial charge in [0, 0.05) is 29.0 Å². The molecule has 0 fully saturated rings. The van der Waals surface area contributed by atoms with Gasteiger partial charge in [0.05, 0.1) is 10.9 Å². The lowest BCUT2D eigenvalue weighted by molar-refractivity contribution is 0.103. The van der Waals surface area contributed by atoms with Crippen molar-refractivity contribution < 1.29 is 4.79 Å². The van der Waals surface area contributed by atoms with E-state index in [1.54, 1.807) is 35.9 Å². The molecule has 4 aromatic rings. The number of aryl methyl sites for hydroxylation is 1. The van der Waals surface area contributed by atoms with E-state index in [2.05, 4.69) is 0 Å². The van der Waals surface area contributed by atoms with Crippen molar-refractivity contribution in [2.45, 2.75) is 17.8 Å². The van der Waals surface area contributed by atoms with Crippen LogP contribution in [0.4, 0.5) is 0 Å². The Morgan fingerprint density at radius 2 is 1.63 bits per heavy atom. The number of hydrogen-bond acceptors (Lipinski definition) is 4. The summed E-state index contributed by atoms with van der Waals surface area (Å²) < 4.78 is 1.59. The predicted octanol–water partition coefficient (Wildman–Crippen LogP) is 5.42. The smallest absolute Gasteiger partial charge is 0.261 e. The van der Waals surface area contributed by atoms with Gasteiger partial charge in [-0.2, -0.15) is 0 Å². The number of hydrogen-bond donors (Lipinski definition) is 0. The number of carbonyl (C=O) groups is 1. The van der Waals surface area contributed by atoms with Gasteiger partial charge in [-0.3, -0.25) is 14.2 Å². The fraction of sp³-hybridized carbons (Fsp3) is 0.125. The number of halogens is 1. The molecule has 0 aliphatic carbocycles. The summed E-state index contributed by atoms with van der Waals surface area (Å²) in [5.41, 5.74) is 3.95. The lowest BCUT2D eigenvalue weighted by atomic mass is 10.0. The standard InChI is InChI=1S/C24H19ClN2O2S/c1-15-4-3-5-20-21(15)26-24(27(2)23(20)29)30-14-16-6-8-17(9-7-16)22(28)18-10-12-19(25)13-11-18/h3-13H,14H2,1-2H3. The van der Waals surface area contributed by atoms with Gasteiger partial charge in [-0.1, -0.05) is 59.8 Å². The van der Waals surface area contributed by atoms with Crippen LogP contribution in [0.3, 0.4) is 0 Å². The lowest BCUT2D eigenvalue weighted by Crippen LogP contribution is -2.20. The minimum absolute atomic E-state index is 0.0417. The first-order chi connectivity index (χ1) is 14.4. The minimum Gasteiger partial charge on any atom is -0.290 e. The molecule has 0 saturated carbocycles. The average Bonchev–Trinajstić information content (AvgIpc) is 2.76. The van der Waals surface area contributed by atoms with Crippen molar-refractivity contribution in [2.24, 2.45) is 7.05 Å². The molecule has 6 heteroatoms. The quantitative estimate of drug-likeness (QED) is 0.239. The van der Waals surface area contributed by atoms with Crippen LogP contribution in [0.1, 0.15) is 27.0 Å². The summed E-state index contributed by atoms with van der Waals surface area (Å²) in [6.07, 6.45) is 0. The van der Waals surface area contributed by atoms with Gasteiger partial charge in [0.2, 0.25) is 0 Å². The molecule has 0 unspecified atom stereocenters. The number of para-hydroxylation sites is 1. The summed E-state index contributed by atoms with van der Waals surface area (Å²) >= 11 is 7.39. The second-order valence-corrected chi connectivity index (χ2v) is 8.43. The number of nitrogens with zero attached hydrogens (tertiary/aromatic N) is 2. The highest BCUT2D eigenvalue weighted by Crippen LogP contribution is 2.23. The van der Waals surface area contributed by atoms with Crippen LogP contribution in [-0.4, -0.2) is 15.3 Å². The van der Waals surface area contributed by atoms with E-state index >= 15 is 0 Å². The number of carbonyl (C=O) groups excluding carboxylic acids is 1. The lowest BCUT2D eigenvalue weighted by Gasteiger charge is -2.10. The molecule has 0 aliphatic rings. The Morgan fingerprint density at radius 3 is 2.30 bits per heavy atom. The van der Waals surface area contributed by atoms with Crippen molar-refractivity contribution in [3.63, 3.8) is 0 Å². The van der Waals surface area contributed by atoms with E-state index in [0.717, 1.165) is 16.6 Å². The fourth-order valence-electron chi connectivity index (χ4n) is 3.22. The summed E-state index contributed by atoms with van der Waals surface area (Å²) in [5.74, 6) is 0.604. The van der Waals surface area contributed by atoms with Crippen molar-refractivity contribution in [1.29, 1.82) is 0 Å². The van der Waals surface area contributed by atoms with Gasteiger partial charge in [0.15, 0.2) is 10.9 Å². The van der Waals surface area contributed by atoms with Gasteiger partial charge in [0.1, 0.15) is 0 Å². The molecule has 1 heterocycles. The van der Waals surface area contributed by atoms with Crippen molar-refractivity contribution >= 4 is 40.0 Å². The largest absolute Gasteiger partial charge is 0.290 e. The molecule has 1 aromatic heterocycles. The van der Waals surface area contributed by atoms with Crippen LogP contribution in [0.15, 0.2) is 76.7 Å². The van der Waals surface area contributed by atoms with Crippen molar-refractivity contribution in [2.75, 3.05) is 0 Å². The summed E-state index contributed by atoms with van der Waals surface area (Å²) in [5, 5.41) is 1.90. The van der Waals surface area contributed by atoms with Crippen LogP contribution in [0.25, 0.3) is 10.9 Å². The van der Waals surface area contributed by atoms with E-state index in [4.69, 9.17) is 16.6 Å². The van der Waals surface area contributed by atoms with Gasteiger partial charge in [0.25, 0.3) is 5.56 Å². The Hall–Kier alpha value is -2.89. The number of benzene rings is 3. The van der Waals surface area contributed by atoms with E-state index in [-0.39, 0.29) is 11.3 Å². The van der Waals surface area contributed by atoms with E-state index in [9.17, 15) is 9.59 Å². The third-order valence-electron chi connectivity index (χ3n) is 4.96. The molecule has 3 aromatic carbocycles. The number of ketones is 1. The third-order valence-corrected chi connectivity index (χ3v) is 6.31. The first-order valence-corrected chi connectivity index (χ1v) is 10.8. The summed E-state index contributed by atoms with van der Waals surface area (Å²) in [6, 6.07) is 20.0. The van der Waals surface area contributed by atoms with Crippen LogP contribution >= 0.6 is 23.4 Å². The average molecular weight is 435 g/mol. The molecule has 0 atom stereocenters. The predicted molar refractivity (Wildman–Crippen MR) is 123 cm³/mol. The molecule has 0 aliphatic heterocycles. The number of fused-ring (bicyclic) bond motifs is 1. The summed E-state index contributed by atoms with van der Waals surface area (Å²) in [4.78, 5) is 29.9. The molecular weight excluding hydrogens is 416 g/mol. The molecule has 150 valence electrons. The van der Waals surface area contributed by atoms with Gasteiger partial charge in [-0.25, -0.2) is 4.98 Å². The Bertz CT molecular complexity index is 1300. The first kappa shape index (κ1) is 20.4. The van der Waals surface area contributed by atoms with E-state index in [1.807, 2.05) is 49.4 Å². The summed E-state index contributed by atoms with van der Waals surface area (Å²) in [7, 11) is 1.74. The first-order valence-electron chi connectivity index (χ1n) is 9.42. The van der Waals surface area contributed by atoms with Crippen LogP contribution in [0.5, 0.6) is 0 Å². The Labute approximate surface area is 183 Å². The topological polar surface area (TPSA) is 52.0 Å². The van der Waals surface area contributed by atoms with E-state index < -0.39 is 0 Å². The van der Waals surface area contributed by atoms with E-state index in [1.165, 1.54) is 11.8 Å². The maximum Gasteiger partial charge on any atom is 0.261 e. The molecule has 4 rings (SSSR count). The second kappa shape index (κ2) is 8.46. The Balaban J connectivity index is 1.53.